The van der Waals surface area contributed by atoms with Gasteiger partial charge >= 0.3 is 0 Å². The van der Waals surface area contributed by atoms with E-state index in [4.69, 9.17) is 4.74 Å². The van der Waals surface area contributed by atoms with Crippen LogP contribution in [0.4, 0.5) is 5.82 Å². The van der Waals surface area contributed by atoms with Crippen molar-refractivity contribution in [1.29, 1.82) is 0 Å². The summed E-state index contributed by atoms with van der Waals surface area (Å²) in [6.07, 6.45) is 2.43. The fraction of sp³-hybridized carbons (Fsp3) is 0.714. The largest absolute Gasteiger partial charge is 0.387 e. The molecule has 6 nitrogen and oxygen atoms in total. The van der Waals surface area contributed by atoms with Crippen LogP contribution in [0.2, 0.25) is 0 Å². The second-order valence-corrected chi connectivity index (χ2v) is 5.49. The van der Waals surface area contributed by atoms with Crippen LogP contribution in [0.5, 0.6) is 0 Å². The molecule has 2 heterocycles. The number of β-amino-alcohol motifs (C(OH)–C–C–N with tert-alkyl or cyclic N) is 1. The summed E-state index contributed by atoms with van der Waals surface area (Å²) in [5.74, 6) is 0.763. The number of aromatic nitrogens is 2. The molecule has 2 rings (SSSR count). The van der Waals surface area contributed by atoms with Crippen molar-refractivity contribution < 1.29 is 9.84 Å². The van der Waals surface area contributed by atoms with Crippen molar-refractivity contribution in [3.63, 3.8) is 0 Å². The van der Waals surface area contributed by atoms with Crippen LogP contribution in [-0.4, -0.2) is 65.0 Å². The van der Waals surface area contributed by atoms with Crippen molar-refractivity contribution in [3.05, 3.63) is 18.1 Å². The van der Waals surface area contributed by atoms with E-state index in [1.807, 2.05) is 13.0 Å². The molecular weight excluding hydrogens is 256 g/mol. The number of nitrogens with one attached hydrogen (secondary N) is 1. The van der Waals surface area contributed by atoms with Gasteiger partial charge in [-0.15, -0.1) is 0 Å². The Bertz CT molecular complexity index is 419. The van der Waals surface area contributed by atoms with Gasteiger partial charge in [0.15, 0.2) is 0 Å². The molecule has 0 aliphatic carbocycles. The van der Waals surface area contributed by atoms with Gasteiger partial charge in [-0.3, -0.25) is 4.90 Å². The van der Waals surface area contributed by atoms with Crippen molar-refractivity contribution in [2.24, 2.45) is 0 Å². The molecule has 1 saturated heterocycles. The highest BCUT2D eigenvalue weighted by Gasteiger charge is 2.25. The van der Waals surface area contributed by atoms with Gasteiger partial charge in [-0.2, -0.15) is 0 Å². The SMILES string of the molecule is CCc1cc(NC[C@@](C)(O)CN2CCOCC2)ncn1. The predicted octanol–water partition coefficient (Wildman–Crippen LogP) is 0.534. The molecule has 0 amide bonds. The normalized spacial score (nSPS) is 19.6. The number of rotatable bonds is 6. The lowest BCUT2D eigenvalue weighted by Crippen LogP contribution is -2.49. The summed E-state index contributed by atoms with van der Waals surface area (Å²) in [7, 11) is 0. The third kappa shape index (κ3) is 4.70. The number of nitrogens with zero attached hydrogens (tertiary/aromatic N) is 3. The van der Waals surface area contributed by atoms with Gasteiger partial charge in [-0.25, -0.2) is 9.97 Å². The Balaban J connectivity index is 1.84. The maximum atomic E-state index is 10.5. The minimum Gasteiger partial charge on any atom is -0.387 e. The summed E-state index contributed by atoms with van der Waals surface area (Å²) < 4.78 is 5.31. The van der Waals surface area contributed by atoms with Crippen LogP contribution < -0.4 is 5.32 Å². The number of morpholine rings is 1. The monoisotopic (exact) mass is 280 g/mol. The molecule has 0 saturated carbocycles. The number of anilines is 1. The van der Waals surface area contributed by atoms with Crippen molar-refractivity contribution in [2.75, 3.05) is 44.7 Å². The maximum absolute atomic E-state index is 10.5. The van der Waals surface area contributed by atoms with Crippen molar-refractivity contribution in [2.45, 2.75) is 25.9 Å². The molecule has 0 unspecified atom stereocenters. The van der Waals surface area contributed by atoms with E-state index in [-0.39, 0.29) is 0 Å². The third-order valence-electron chi connectivity index (χ3n) is 3.40. The molecule has 1 aliphatic rings. The first kappa shape index (κ1) is 15.2. The fourth-order valence-electron chi connectivity index (χ4n) is 2.27. The zero-order chi connectivity index (χ0) is 14.4. The number of hydrogen-bond acceptors (Lipinski definition) is 6. The second-order valence-electron chi connectivity index (χ2n) is 5.49. The highest BCUT2D eigenvalue weighted by molar-refractivity contribution is 5.35. The first-order valence-corrected chi connectivity index (χ1v) is 7.16. The maximum Gasteiger partial charge on any atom is 0.129 e. The summed E-state index contributed by atoms with van der Waals surface area (Å²) in [5.41, 5.74) is 0.199. The van der Waals surface area contributed by atoms with Crippen LogP contribution in [0.3, 0.4) is 0 Å². The molecule has 0 spiro atoms. The molecule has 6 heteroatoms. The first-order valence-electron chi connectivity index (χ1n) is 7.16. The summed E-state index contributed by atoms with van der Waals surface area (Å²) in [6, 6.07) is 1.92. The van der Waals surface area contributed by atoms with E-state index in [1.165, 1.54) is 0 Å². The zero-order valence-corrected chi connectivity index (χ0v) is 12.3. The van der Waals surface area contributed by atoms with Gasteiger partial charge in [0.05, 0.1) is 18.8 Å². The van der Waals surface area contributed by atoms with Crippen LogP contribution in [0.25, 0.3) is 0 Å². The number of aliphatic hydroxyl groups is 1. The summed E-state index contributed by atoms with van der Waals surface area (Å²) in [5, 5.41) is 13.7. The smallest absolute Gasteiger partial charge is 0.129 e. The number of ether oxygens (including phenoxy) is 1. The van der Waals surface area contributed by atoms with Gasteiger partial charge < -0.3 is 15.2 Å². The Labute approximate surface area is 120 Å². The first-order chi connectivity index (χ1) is 9.59. The topological polar surface area (TPSA) is 70.5 Å². The minimum atomic E-state index is -0.797. The van der Waals surface area contributed by atoms with E-state index < -0.39 is 5.60 Å². The molecule has 2 N–H and O–H groups in total. The van der Waals surface area contributed by atoms with Crippen LogP contribution in [0.15, 0.2) is 12.4 Å². The molecule has 0 radical (unpaired) electrons. The molecule has 20 heavy (non-hydrogen) atoms. The standard InChI is InChI=1S/C14H24N4O2/c1-3-12-8-13(17-11-16-12)15-9-14(2,19)10-18-4-6-20-7-5-18/h8,11,19H,3-7,9-10H2,1-2H3,(H,15,16,17)/t14-/m1/s1. The van der Waals surface area contributed by atoms with E-state index in [0.717, 1.165) is 44.2 Å². The molecule has 1 aromatic heterocycles. The lowest BCUT2D eigenvalue weighted by molar-refractivity contribution is -0.0164. The summed E-state index contributed by atoms with van der Waals surface area (Å²) >= 11 is 0. The van der Waals surface area contributed by atoms with Crippen molar-refractivity contribution in [3.8, 4) is 0 Å². The van der Waals surface area contributed by atoms with Gasteiger partial charge in [0.1, 0.15) is 12.1 Å². The highest BCUT2D eigenvalue weighted by atomic mass is 16.5. The van der Waals surface area contributed by atoms with E-state index in [9.17, 15) is 5.11 Å². The van der Waals surface area contributed by atoms with Gasteiger partial charge in [0.25, 0.3) is 0 Å². The quantitative estimate of drug-likeness (QED) is 0.792. The molecule has 112 valence electrons. The van der Waals surface area contributed by atoms with E-state index in [1.54, 1.807) is 6.33 Å². The average molecular weight is 280 g/mol. The fourth-order valence-corrected chi connectivity index (χ4v) is 2.27. The van der Waals surface area contributed by atoms with Gasteiger partial charge in [0.2, 0.25) is 0 Å². The average Bonchev–Trinajstić information content (AvgIpc) is 2.46. The molecule has 0 aromatic carbocycles. The van der Waals surface area contributed by atoms with Crippen LogP contribution >= 0.6 is 0 Å². The van der Waals surface area contributed by atoms with Crippen LogP contribution in [0.1, 0.15) is 19.5 Å². The Morgan fingerprint density at radius 2 is 2.15 bits per heavy atom. The Morgan fingerprint density at radius 3 is 2.85 bits per heavy atom. The number of hydrogen-bond donors (Lipinski definition) is 2. The van der Waals surface area contributed by atoms with Crippen LogP contribution in [0, 0.1) is 0 Å². The molecule has 1 fully saturated rings. The van der Waals surface area contributed by atoms with Crippen molar-refractivity contribution in [1.82, 2.24) is 14.9 Å². The third-order valence-corrected chi connectivity index (χ3v) is 3.40. The minimum absolute atomic E-state index is 0.463. The Hall–Kier alpha value is -1.24. The Kier molecular flexibility index (Phi) is 5.28. The van der Waals surface area contributed by atoms with E-state index in [2.05, 4.69) is 27.1 Å². The summed E-state index contributed by atoms with van der Waals surface area (Å²) in [6.45, 7) is 8.25. The van der Waals surface area contributed by atoms with Crippen molar-refractivity contribution >= 4 is 5.82 Å². The van der Waals surface area contributed by atoms with Gasteiger partial charge in [-0.05, 0) is 13.3 Å². The molecule has 0 bridgehead atoms. The molecule has 1 aromatic rings. The summed E-state index contributed by atoms with van der Waals surface area (Å²) in [4.78, 5) is 10.6. The molecule has 1 aliphatic heterocycles. The van der Waals surface area contributed by atoms with E-state index >= 15 is 0 Å². The molecular formula is C14H24N4O2. The van der Waals surface area contributed by atoms with Gasteiger partial charge in [-0.1, -0.05) is 6.92 Å². The second kappa shape index (κ2) is 6.97. The van der Waals surface area contributed by atoms with Crippen LogP contribution in [-0.2, 0) is 11.2 Å². The molecule has 1 atom stereocenters. The number of aryl methyl sites for hydroxylation is 1. The lowest BCUT2D eigenvalue weighted by Gasteiger charge is -2.34. The van der Waals surface area contributed by atoms with Gasteiger partial charge in [0, 0.05) is 37.9 Å². The predicted molar refractivity (Wildman–Crippen MR) is 77.8 cm³/mol. The Morgan fingerprint density at radius 1 is 1.40 bits per heavy atom. The lowest BCUT2D eigenvalue weighted by atomic mass is 10.1. The highest BCUT2D eigenvalue weighted by Crippen LogP contribution is 2.11. The zero-order valence-electron chi connectivity index (χ0n) is 12.3. The van der Waals surface area contributed by atoms with E-state index in [0.29, 0.717) is 13.1 Å².